The monoisotopic (exact) mass is 364 g/mol. The molecule has 0 aliphatic carbocycles. The summed E-state index contributed by atoms with van der Waals surface area (Å²) in [5.41, 5.74) is 6.80. The fraction of sp³-hybridized carbons (Fsp3) is 0.294. The van der Waals surface area contributed by atoms with E-state index in [2.05, 4.69) is 15.3 Å². The Kier molecular flexibility index (Phi) is 7.16. The summed E-state index contributed by atoms with van der Waals surface area (Å²) in [6.07, 6.45) is 1.62. The highest BCUT2D eigenvalue weighted by molar-refractivity contribution is 6.31. The summed E-state index contributed by atoms with van der Waals surface area (Å²) in [5.74, 6) is 2.05. The molecule has 1 heterocycles. The average Bonchev–Trinajstić information content (AvgIpc) is 2.64. The molecule has 1 aromatic carbocycles. The van der Waals surface area contributed by atoms with Gasteiger partial charge in [0.1, 0.15) is 11.6 Å². The number of hydrogen-bond acceptors (Lipinski definition) is 5. The van der Waals surface area contributed by atoms with Crippen molar-refractivity contribution in [2.75, 3.05) is 27.4 Å². The van der Waals surface area contributed by atoms with Gasteiger partial charge in [0.15, 0.2) is 17.5 Å². The quantitative estimate of drug-likeness (QED) is 0.424. The van der Waals surface area contributed by atoms with Crippen LogP contribution in [0.1, 0.15) is 5.56 Å². The number of benzene rings is 1. The number of aromatic nitrogens is 1. The molecule has 0 spiro atoms. The van der Waals surface area contributed by atoms with Gasteiger partial charge in [-0.25, -0.2) is 9.98 Å². The Morgan fingerprint density at radius 1 is 1.24 bits per heavy atom. The Morgan fingerprint density at radius 2 is 2.04 bits per heavy atom. The zero-order chi connectivity index (χ0) is 18.1. The van der Waals surface area contributed by atoms with Crippen LogP contribution in [0.25, 0.3) is 0 Å². The van der Waals surface area contributed by atoms with Crippen LogP contribution in [0.4, 0.5) is 0 Å². The fourth-order valence-electron chi connectivity index (χ4n) is 2.02. The summed E-state index contributed by atoms with van der Waals surface area (Å²) in [6, 6.07) is 9.06. The van der Waals surface area contributed by atoms with Gasteiger partial charge in [0, 0.05) is 6.20 Å². The average molecular weight is 365 g/mol. The third-order valence-electron chi connectivity index (χ3n) is 3.25. The van der Waals surface area contributed by atoms with Gasteiger partial charge in [0.05, 0.1) is 27.3 Å². The van der Waals surface area contributed by atoms with Crippen LogP contribution in [0, 0.1) is 0 Å². The molecule has 0 radical (unpaired) electrons. The topological polar surface area (TPSA) is 91.0 Å². The molecule has 0 unspecified atom stereocenters. The van der Waals surface area contributed by atoms with Crippen molar-refractivity contribution in [1.82, 2.24) is 10.3 Å². The van der Waals surface area contributed by atoms with Crippen molar-refractivity contribution >= 4 is 17.6 Å². The number of guanidine groups is 1. The molecule has 134 valence electrons. The van der Waals surface area contributed by atoms with Crippen LogP contribution in [-0.4, -0.2) is 38.3 Å². The number of hydrogen-bond donors (Lipinski definition) is 2. The van der Waals surface area contributed by atoms with Crippen molar-refractivity contribution in [1.29, 1.82) is 0 Å². The molecule has 0 saturated carbocycles. The highest BCUT2D eigenvalue weighted by Gasteiger charge is 2.04. The minimum Gasteiger partial charge on any atom is -0.493 e. The smallest absolute Gasteiger partial charge is 0.232 e. The van der Waals surface area contributed by atoms with Gasteiger partial charge in [0.25, 0.3) is 0 Å². The minimum atomic E-state index is 0.325. The third kappa shape index (κ3) is 5.72. The normalized spacial score (nSPS) is 11.1. The number of aliphatic imine (C=N–C) groups is 1. The van der Waals surface area contributed by atoms with Crippen molar-refractivity contribution in [3.05, 3.63) is 47.1 Å². The number of nitrogens with one attached hydrogen (secondary N) is 1. The lowest BCUT2D eigenvalue weighted by Crippen LogP contribution is -2.34. The molecule has 8 heteroatoms. The van der Waals surface area contributed by atoms with Crippen molar-refractivity contribution in [3.63, 3.8) is 0 Å². The van der Waals surface area contributed by atoms with Crippen LogP contribution in [0.3, 0.4) is 0 Å². The Balaban J connectivity index is 1.79. The molecule has 2 rings (SSSR count). The van der Waals surface area contributed by atoms with Crippen molar-refractivity contribution in [2.45, 2.75) is 6.54 Å². The molecule has 3 N–H and O–H groups in total. The van der Waals surface area contributed by atoms with E-state index in [4.69, 9.17) is 31.5 Å². The summed E-state index contributed by atoms with van der Waals surface area (Å²) < 4.78 is 15.9. The van der Waals surface area contributed by atoms with Crippen molar-refractivity contribution in [3.8, 4) is 17.4 Å². The molecule has 1 aromatic heterocycles. The van der Waals surface area contributed by atoms with E-state index in [-0.39, 0.29) is 0 Å². The van der Waals surface area contributed by atoms with Crippen LogP contribution >= 0.6 is 11.6 Å². The van der Waals surface area contributed by atoms with Crippen LogP contribution in [0.5, 0.6) is 17.4 Å². The fourth-order valence-corrected chi connectivity index (χ4v) is 2.19. The van der Waals surface area contributed by atoms with Gasteiger partial charge in [-0.2, -0.15) is 0 Å². The highest BCUT2D eigenvalue weighted by Crippen LogP contribution is 2.27. The van der Waals surface area contributed by atoms with Gasteiger partial charge in [-0.3, -0.25) is 0 Å². The first-order valence-corrected chi connectivity index (χ1v) is 8.00. The molecule has 7 nitrogen and oxygen atoms in total. The number of rotatable bonds is 8. The highest BCUT2D eigenvalue weighted by atomic mass is 35.5. The SMILES string of the molecule is COc1ccc(CN=C(N)NCCOc2ncccc2Cl)cc1OC. The van der Waals surface area contributed by atoms with Gasteiger partial charge >= 0.3 is 0 Å². The molecular weight excluding hydrogens is 344 g/mol. The predicted molar refractivity (Wildman–Crippen MR) is 97.6 cm³/mol. The first kappa shape index (κ1) is 18.7. The summed E-state index contributed by atoms with van der Waals surface area (Å²) in [6.45, 7) is 1.27. The molecule has 0 fully saturated rings. The van der Waals surface area contributed by atoms with E-state index < -0.39 is 0 Å². The Labute approximate surface area is 151 Å². The first-order chi connectivity index (χ1) is 12.1. The van der Waals surface area contributed by atoms with Crippen LogP contribution < -0.4 is 25.3 Å². The lowest BCUT2D eigenvalue weighted by Gasteiger charge is -2.10. The van der Waals surface area contributed by atoms with Gasteiger partial charge in [-0.1, -0.05) is 17.7 Å². The molecular formula is C17H21ClN4O3. The first-order valence-electron chi connectivity index (χ1n) is 7.62. The maximum absolute atomic E-state index is 5.95. The standard InChI is InChI=1S/C17H21ClN4O3/c1-23-14-6-5-12(10-15(14)24-2)11-22-17(19)21-8-9-25-16-13(18)4-3-7-20-16/h3-7,10H,8-9,11H2,1-2H3,(H3,19,21,22). The maximum Gasteiger partial charge on any atom is 0.232 e. The van der Waals surface area contributed by atoms with E-state index in [1.54, 1.807) is 32.5 Å². The van der Waals surface area contributed by atoms with Gasteiger partial charge < -0.3 is 25.3 Å². The summed E-state index contributed by atoms with van der Waals surface area (Å²) in [5, 5.41) is 3.44. The summed E-state index contributed by atoms with van der Waals surface area (Å²) >= 11 is 5.95. The van der Waals surface area contributed by atoms with E-state index >= 15 is 0 Å². The predicted octanol–water partition coefficient (Wildman–Crippen LogP) is 2.24. The number of methoxy groups -OCH3 is 2. The van der Waals surface area contributed by atoms with E-state index in [1.165, 1.54) is 0 Å². The molecule has 0 bridgehead atoms. The number of ether oxygens (including phenoxy) is 3. The zero-order valence-corrected chi connectivity index (χ0v) is 14.9. The lowest BCUT2D eigenvalue weighted by molar-refractivity contribution is 0.310. The maximum atomic E-state index is 5.95. The van der Waals surface area contributed by atoms with Gasteiger partial charge in [-0.05, 0) is 29.8 Å². The largest absolute Gasteiger partial charge is 0.493 e. The lowest BCUT2D eigenvalue weighted by atomic mass is 10.2. The van der Waals surface area contributed by atoms with E-state index in [0.29, 0.717) is 48.1 Å². The van der Waals surface area contributed by atoms with Crippen LogP contribution in [0.15, 0.2) is 41.5 Å². The molecule has 0 saturated heterocycles. The molecule has 25 heavy (non-hydrogen) atoms. The zero-order valence-electron chi connectivity index (χ0n) is 14.2. The molecule has 0 aliphatic heterocycles. The van der Waals surface area contributed by atoms with E-state index in [9.17, 15) is 0 Å². The summed E-state index contributed by atoms with van der Waals surface area (Å²) in [7, 11) is 3.19. The number of pyridine rings is 1. The number of halogens is 1. The van der Waals surface area contributed by atoms with E-state index in [0.717, 1.165) is 5.56 Å². The third-order valence-corrected chi connectivity index (χ3v) is 3.54. The Hall–Kier alpha value is -2.67. The van der Waals surface area contributed by atoms with Crippen molar-refractivity contribution in [2.24, 2.45) is 10.7 Å². The molecule has 0 aliphatic rings. The van der Waals surface area contributed by atoms with Crippen LogP contribution in [0.2, 0.25) is 5.02 Å². The Bertz CT molecular complexity index is 725. The second-order valence-corrected chi connectivity index (χ2v) is 5.36. The van der Waals surface area contributed by atoms with Gasteiger partial charge in [-0.15, -0.1) is 0 Å². The molecule has 0 atom stereocenters. The Morgan fingerprint density at radius 3 is 2.76 bits per heavy atom. The van der Waals surface area contributed by atoms with Crippen LogP contribution in [-0.2, 0) is 6.54 Å². The molecule has 0 amide bonds. The second-order valence-electron chi connectivity index (χ2n) is 4.96. The van der Waals surface area contributed by atoms with Gasteiger partial charge in [0.2, 0.25) is 5.88 Å². The number of nitrogens with two attached hydrogens (primary N) is 1. The van der Waals surface area contributed by atoms with E-state index in [1.807, 2.05) is 18.2 Å². The van der Waals surface area contributed by atoms with Crippen molar-refractivity contribution < 1.29 is 14.2 Å². The minimum absolute atomic E-state index is 0.325. The second kappa shape index (κ2) is 9.58. The number of nitrogens with zero attached hydrogens (tertiary/aromatic N) is 2. The molecule has 2 aromatic rings. The summed E-state index contributed by atoms with van der Waals surface area (Å²) in [4.78, 5) is 8.31.